The maximum Gasteiger partial charge on any atom is 0.320 e. The molecular formula is C18H19ClN2O5. The first-order valence-electron chi connectivity index (χ1n) is 7.95. The molecule has 0 aliphatic rings. The van der Waals surface area contributed by atoms with Gasteiger partial charge in [-0.05, 0) is 35.7 Å². The number of halogens is 1. The number of carboxylic acids is 1. The number of benzene rings is 2. The van der Waals surface area contributed by atoms with E-state index in [1.54, 1.807) is 24.3 Å². The molecule has 0 fully saturated rings. The summed E-state index contributed by atoms with van der Waals surface area (Å²) in [5, 5.41) is 23.5. The number of carbonyl (C=O) groups is 1. The highest BCUT2D eigenvalue weighted by Gasteiger charge is 2.20. The molecule has 0 saturated heterocycles. The largest absolute Gasteiger partial charge is 0.480 e. The normalized spacial score (nSPS) is 12.0. The third-order valence-corrected chi connectivity index (χ3v) is 3.96. The number of nitrogens with zero attached hydrogens (tertiary/aromatic N) is 1. The fraction of sp³-hybridized carbons (Fsp3) is 0.278. The highest BCUT2D eigenvalue weighted by atomic mass is 35.5. The number of nitro benzene ring substituents is 1. The molecule has 0 aliphatic carbocycles. The van der Waals surface area contributed by atoms with Gasteiger partial charge in [-0.2, -0.15) is 0 Å². The Morgan fingerprint density at radius 1 is 1.27 bits per heavy atom. The molecular weight excluding hydrogens is 360 g/mol. The molecule has 1 atom stereocenters. The lowest BCUT2D eigenvalue weighted by atomic mass is 10.0. The average molecular weight is 379 g/mol. The molecule has 0 heterocycles. The van der Waals surface area contributed by atoms with Gasteiger partial charge >= 0.3 is 11.7 Å². The minimum atomic E-state index is -0.894. The zero-order valence-electron chi connectivity index (χ0n) is 14.3. The van der Waals surface area contributed by atoms with E-state index in [1.807, 2.05) is 13.8 Å². The first-order valence-corrected chi connectivity index (χ1v) is 8.32. The summed E-state index contributed by atoms with van der Waals surface area (Å²) in [5.74, 6) is -0.413. The van der Waals surface area contributed by atoms with Crippen LogP contribution in [-0.2, 0) is 11.3 Å². The predicted octanol–water partition coefficient (Wildman–Crippen LogP) is 4.24. The number of hydrogen-bond acceptors (Lipinski definition) is 5. The lowest BCUT2D eigenvalue weighted by Crippen LogP contribution is -2.40. The standard InChI is InChI=1S/C18H19ClN2O5/c1-11(2)17(18(22)23)20-10-12-3-6-14(7-4-12)26-16-8-5-13(19)9-15(16)21(24)25/h3-9,11,17,20H,10H2,1-2H3,(H,22,23)/t17-/m0/s1. The van der Waals surface area contributed by atoms with Gasteiger partial charge in [-0.25, -0.2) is 0 Å². The summed E-state index contributed by atoms with van der Waals surface area (Å²) in [7, 11) is 0. The van der Waals surface area contributed by atoms with Crippen molar-refractivity contribution in [1.82, 2.24) is 5.32 Å². The van der Waals surface area contributed by atoms with E-state index >= 15 is 0 Å². The Morgan fingerprint density at radius 2 is 1.92 bits per heavy atom. The van der Waals surface area contributed by atoms with Crippen molar-refractivity contribution in [3.05, 3.63) is 63.2 Å². The molecule has 138 valence electrons. The van der Waals surface area contributed by atoms with E-state index in [0.29, 0.717) is 12.3 Å². The van der Waals surface area contributed by atoms with Crippen LogP contribution in [0.4, 0.5) is 5.69 Å². The number of aliphatic carboxylic acids is 1. The van der Waals surface area contributed by atoms with Crippen molar-refractivity contribution in [3.63, 3.8) is 0 Å². The quantitative estimate of drug-likeness (QED) is 0.526. The molecule has 7 nitrogen and oxygen atoms in total. The summed E-state index contributed by atoms with van der Waals surface area (Å²) < 4.78 is 5.57. The van der Waals surface area contributed by atoms with Crippen LogP contribution in [0.3, 0.4) is 0 Å². The maximum atomic E-state index is 11.2. The van der Waals surface area contributed by atoms with Gasteiger partial charge in [0.2, 0.25) is 5.75 Å². The van der Waals surface area contributed by atoms with E-state index in [0.717, 1.165) is 5.56 Å². The third-order valence-electron chi connectivity index (χ3n) is 3.73. The molecule has 0 saturated carbocycles. The Bertz CT molecular complexity index is 793. The lowest BCUT2D eigenvalue weighted by molar-refractivity contribution is -0.385. The van der Waals surface area contributed by atoms with Crippen LogP contribution >= 0.6 is 11.6 Å². The lowest BCUT2D eigenvalue weighted by Gasteiger charge is -2.18. The van der Waals surface area contributed by atoms with Crippen LogP contribution in [0.25, 0.3) is 0 Å². The van der Waals surface area contributed by atoms with Crippen molar-refractivity contribution in [2.45, 2.75) is 26.4 Å². The molecule has 0 radical (unpaired) electrons. The molecule has 0 unspecified atom stereocenters. The monoisotopic (exact) mass is 378 g/mol. The Hall–Kier alpha value is -2.64. The number of hydrogen-bond donors (Lipinski definition) is 2. The molecule has 2 aromatic carbocycles. The second-order valence-corrected chi connectivity index (χ2v) is 6.49. The van der Waals surface area contributed by atoms with Gasteiger partial charge in [-0.1, -0.05) is 37.6 Å². The van der Waals surface area contributed by atoms with E-state index in [2.05, 4.69) is 5.32 Å². The van der Waals surface area contributed by atoms with Gasteiger partial charge in [0, 0.05) is 17.6 Å². The number of rotatable bonds is 8. The zero-order valence-corrected chi connectivity index (χ0v) is 15.1. The molecule has 0 amide bonds. The van der Waals surface area contributed by atoms with Crippen molar-refractivity contribution < 1.29 is 19.6 Å². The summed E-state index contributed by atoms with van der Waals surface area (Å²) in [6.07, 6.45) is 0. The predicted molar refractivity (Wildman–Crippen MR) is 97.7 cm³/mol. The van der Waals surface area contributed by atoms with Gasteiger partial charge in [0.15, 0.2) is 0 Å². The summed E-state index contributed by atoms with van der Waals surface area (Å²) in [4.78, 5) is 21.7. The van der Waals surface area contributed by atoms with E-state index in [4.69, 9.17) is 16.3 Å². The Kier molecular flexibility index (Phi) is 6.54. The molecule has 0 aromatic heterocycles. The number of ether oxygens (including phenoxy) is 1. The highest BCUT2D eigenvalue weighted by Crippen LogP contribution is 2.33. The fourth-order valence-corrected chi connectivity index (χ4v) is 2.52. The molecule has 0 aliphatic heterocycles. The van der Waals surface area contributed by atoms with Gasteiger partial charge in [0.1, 0.15) is 11.8 Å². The minimum Gasteiger partial charge on any atom is -0.480 e. The average Bonchev–Trinajstić information content (AvgIpc) is 2.57. The van der Waals surface area contributed by atoms with Crippen LogP contribution < -0.4 is 10.1 Å². The third kappa shape index (κ3) is 5.18. The van der Waals surface area contributed by atoms with Gasteiger partial charge in [0.25, 0.3) is 0 Å². The summed E-state index contributed by atoms with van der Waals surface area (Å²) in [6, 6.07) is 10.4. The summed E-state index contributed by atoms with van der Waals surface area (Å²) in [6.45, 7) is 4.06. The molecule has 0 spiro atoms. The van der Waals surface area contributed by atoms with Gasteiger partial charge in [0.05, 0.1) is 4.92 Å². The Morgan fingerprint density at radius 3 is 2.46 bits per heavy atom. The first-order chi connectivity index (χ1) is 12.3. The van der Waals surface area contributed by atoms with E-state index in [-0.39, 0.29) is 22.4 Å². The molecule has 26 heavy (non-hydrogen) atoms. The van der Waals surface area contributed by atoms with E-state index in [1.165, 1.54) is 18.2 Å². The van der Waals surface area contributed by atoms with E-state index < -0.39 is 16.9 Å². The van der Waals surface area contributed by atoms with Crippen molar-refractivity contribution in [1.29, 1.82) is 0 Å². The number of carboxylic acid groups (broad SMARTS) is 1. The zero-order chi connectivity index (χ0) is 19.3. The molecule has 2 aromatic rings. The summed E-state index contributed by atoms with van der Waals surface area (Å²) >= 11 is 5.78. The highest BCUT2D eigenvalue weighted by molar-refractivity contribution is 6.30. The Labute approximate surface area is 155 Å². The van der Waals surface area contributed by atoms with Crippen LogP contribution in [0, 0.1) is 16.0 Å². The topological polar surface area (TPSA) is 102 Å². The maximum absolute atomic E-state index is 11.2. The number of nitrogens with one attached hydrogen (secondary N) is 1. The van der Waals surface area contributed by atoms with Crippen LogP contribution in [-0.4, -0.2) is 22.0 Å². The van der Waals surface area contributed by atoms with Crippen molar-refractivity contribution in [2.75, 3.05) is 0 Å². The van der Waals surface area contributed by atoms with E-state index in [9.17, 15) is 20.0 Å². The van der Waals surface area contributed by atoms with Crippen molar-refractivity contribution in [2.24, 2.45) is 5.92 Å². The molecule has 8 heteroatoms. The van der Waals surface area contributed by atoms with Gasteiger partial charge in [-0.15, -0.1) is 0 Å². The van der Waals surface area contributed by atoms with Crippen LogP contribution in [0.2, 0.25) is 5.02 Å². The number of nitro groups is 1. The van der Waals surface area contributed by atoms with Crippen LogP contribution in [0.15, 0.2) is 42.5 Å². The smallest absolute Gasteiger partial charge is 0.320 e. The summed E-state index contributed by atoms with van der Waals surface area (Å²) in [5.41, 5.74) is 0.652. The second kappa shape index (κ2) is 8.64. The fourth-order valence-electron chi connectivity index (χ4n) is 2.36. The SMILES string of the molecule is CC(C)[C@H](NCc1ccc(Oc2ccc(Cl)cc2[N+](=O)[O-])cc1)C(=O)O. The van der Waals surface area contributed by atoms with Gasteiger partial charge < -0.3 is 15.2 Å². The van der Waals surface area contributed by atoms with Crippen LogP contribution in [0.5, 0.6) is 11.5 Å². The molecule has 2 rings (SSSR count). The molecule has 2 N–H and O–H groups in total. The van der Waals surface area contributed by atoms with Crippen molar-refractivity contribution in [3.8, 4) is 11.5 Å². The Balaban J connectivity index is 2.06. The first kappa shape index (κ1) is 19.7. The van der Waals surface area contributed by atoms with Gasteiger partial charge in [-0.3, -0.25) is 14.9 Å². The molecule has 0 bridgehead atoms. The van der Waals surface area contributed by atoms with Crippen molar-refractivity contribution >= 4 is 23.3 Å². The minimum absolute atomic E-state index is 0.0411. The second-order valence-electron chi connectivity index (χ2n) is 6.06. The van der Waals surface area contributed by atoms with Crippen LogP contribution in [0.1, 0.15) is 19.4 Å².